The maximum Gasteiger partial charge on any atom is 0.296 e. The number of aromatic nitrogens is 2. The van der Waals surface area contributed by atoms with Gasteiger partial charge in [0.2, 0.25) is 0 Å². The molecule has 3 rings (SSSR count). The fourth-order valence-corrected chi connectivity index (χ4v) is 4.99. The molecule has 1 amide bonds. The van der Waals surface area contributed by atoms with Crippen molar-refractivity contribution in [3.8, 4) is 5.69 Å². The Morgan fingerprint density at radius 1 is 0.971 bits per heavy atom. The van der Waals surface area contributed by atoms with E-state index in [1.807, 2.05) is 13.0 Å². The van der Waals surface area contributed by atoms with Gasteiger partial charge in [-0.3, -0.25) is 19.0 Å². The van der Waals surface area contributed by atoms with Crippen molar-refractivity contribution in [3.05, 3.63) is 76.2 Å². The van der Waals surface area contributed by atoms with E-state index in [1.165, 1.54) is 28.9 Å². The molecular weight excluding hydrogens is 464 g/mol. The van der Waals surface area contributed by atoms with Crippen molar-refractivity contribution in [1.82, 2.24) is 14.7 Å². The number of rotatable bonds is 10. The molecule has 1 unspecified atom stereocenters. The zero-order chi connectivity index (χ0) is 25.8. The molecule has 0 bridgehead atoms. The summed E-state index contributed by atoms with van der Waals surface area (Å²) in [4.78, 5) is 25.6. The molecule has 0 fully saturated rings. The van der Waals surface area contributed by atoms with Crippen LogP contribution in [0, 0.1) is 12.8 Å². The maximum absolute atomic E-state index is 13.0. The molecule has 8 nitrogen and oxygen atoms in total. The highest BCUT2D eigenvalue weighted by molar-refractivity contribution is 7.92. The number of sulfonamides is 1. The van der Waals surface area contributed by atoms with Crippen molar-refractivity contribution in [2.24, 2.45) is 13.0 Å². The van der Waals surface area contributed by atoms with E-state index in [2.05, 4.69) is 23.9 Å². The molecular formula is C26H34N4O4S. The van der Waals surface area contributed by atoms with E-state index in [1.54, 1.807) is 42.9 Å². The first kappa shape index (κ1) is 26.3. The van der Waals surface area contributed by atoms with Gasteiger partial charge in [-0.15, -0.1) is 0 Å². The minimum atomic E-state index is -4.04. The Balaban J connectivity index is 1.75. The van der Waals surface area contributed by atoms with Crippen LogP contribution in [0.25, 0.3) is 5.69 Å². The minimum absolute atomic E-state index is 0.0200. The van der Waals surface area contributed by atoms with Crippen molar-refractivity contribution < 1.29 is 13.2 Å². The van der Waals surface area contributed by atoms with E-state index >= 15 is 0 Å². The summed E-state index contributed by atoms with van der Waals surface area (Å²) in [5.41, 5.74) is 0.991. The van der Waals surface area contributed by atoms with Crippen LogP contribution in [-0.4, -0.2) is 29.7 Å². The second kappa shape index (κ2) is 10.9. The molecule has 3 aromatic rings. The quantitative estimate of drug-likeness (QED) is 0.437. The zero-order valence-electron chi connectivity index (χ0n) is 20.9. The molecule has 0 spiro atoms. The van der Waals surface area contributed by atoms with Gasteiger partial charge in [0, 0.05) is 18.7 Å². The van der Waals surface area contributed by atoms with Crippen LogP contribution in [0.3, 0.4) is 0 Å². The van der Waals surface area contributed by atoms with Gasteiger partial charge in [0.25, 0.3) is 21.5 Å². The summed E-state index contributed by atoms with van der Waals surface area (Å²) < 4.78 is 31.5. The Kier molecular flexibility index (Phi) is 8.22. The number of amides is 1. The van der Waals surface area contributed by atoms with Crippen LogP contribution < -0.4 is 15.6 Å². The number of benzene rings is 2. The summed E-state index contributed by atoms with van der Waals surface area (Å²) in [7, 11) is -2.34. The number of nitrogens with one attached hydrogen (secondary N) is 2. The molecule has 1 atom stereocenters. The molecule has 35 heavy (non-hydrogen) atoms. The summed E-state index contributed by atoms with van der Waals surface area (Å²) in [6, 6.07) is 14.7. The average molecular weight is 499 g/mol. The number of para-hydroxylation sites is 1. The van der Waals surface area contributed by atoms with Crippen LogP contribution in [0.2, 0.25) is 0 Å². The average Bonchev–Trinajstić information content (AvgIpc) is 3.02. The largest absolute Gasteiger partial charge is 0.350 e. The minimum Gasteiger partial charge on any atom is -0.350 e. The number of hydrogen-bond acceptors (Lipinski definition) is 4. The van der Waals surface area contributed by atoms with Gasteiger partial charge < -0.3 is 5.32 Å². The summed E-state index contributed by atoms with van der Waals surface area (Å²) in [6.45, 7) is 7.98. The lowest BCUT2D eigenvalue weighted by molar-refractivity contribution is 0.0937. The van der Waals surface area contributed by atoms with Crippen LogP contribution in [-0.2, 0) is 17.1 Å². The molecule has 0 aliphatic carbocycles. The SMILES string of the molecule is Cc1c(NS(=O)(=O)c2ccc(C(=O)NC(C)CCCC(C)C)cc2)c(=O)n(-c2ccccc2)n1C. The molecule has 2 N–H and O–H groups in total. The van der Waals surface area contributed by atoms with Gasteiger partial charge in [-0.25, -0.2) is 13.1 Å². The molecule has 188 valence electrons. The first-order chi connectivity index (χ1) is 16.5. The van der Waals surface area contributed by atoms with E-state index in [0.29, 0.717) is 22.9 Å². The van der Waals surface area contributed by atoms with Gasteiger partial charge >= 0.3 is 0 Å². The second-order valence-corrected chi connectivity index (χ2v) is 10.9. The third-order valence-corrected chi connectivity index (χ3v) is 7.38. The third-order valence-electron chi connectivity index (χ3n) is 6.01. The highest BCUT2D eigenvalue weighted by atomic mass is 32.2. The van der Waals surface area contributed by atoms with E-state index in [9.17, 15) is 18.0 Å². The fourth-order valence-electron chi connectivity index (χ4n) is 3.88. The van der Waals surface area contributed by atoms with Crippen LogP contribution in [0.4, 0.5) is 5.69 Å². The molecule has 1 aromatic heterocycles. The Morgan fingerprint density at radius 2 is 1.60 bits per heavy atom. The van der Waals surface area contributed by atoms with Crippen molar-refractivity contribution >= 4 is 21.6 Å². The predicted octanol–water partition coefficient (Wildman–Crippen LogP) is 4.23. The Bertz CT molecular complexity index is 1320. The molecule has 9 heteroatoms. The highest BCUT2D eigenvalue weighted by Crippen LogP contribution is 2.19. The lowest BCUT2D eigenvalue weighted by Gasteiger charge is -2.15. The standard InChI is InChI=1S/C26H34N4O4S/c1-18(2)10-9-11-19(3)27-25(31)21-14-16-23(17-15-21)35(33,34)28-24-20(4)29(5)30(26(24)32)22-12-7-6-8-13-22/h6-8,12-19,28H,9-11H2,1-5H3,(H,27,31). The lowest BCUT2D eigenvalue weighted by Crippen LogP contribution is -2.32. The van der Waals surface area contributed by atoms with Crippen LogP contribution in [0.1, 0.15) is 56.1 Å². The Labute approximate surface area is 207 Å². The monoisotopic (exact) mass is 498 g/mol. The highest BCUT2D eigenvalue weighted by Gasteiger charge is 2.23. The smallest absolute Gasteiger partial charge is 0.296 e. The summed E-state index contributed by atoms with van der Waals surface area (Å²) in [5, 5.41) is 2.96. The van der Waals surface area contributed by atoms with Crippen LogP contribution in [0.15, 0.2) is 64.3 Å². The number of anilines is 1. The van der Waals surface area contributed by atoms with Gasteiger partial charge in [-0.05, 0) is 62.6 Å². The Morgan fingerprint density at radius 3 is 2.20 bits per heavy atom. The first-order valence-electron chi connectivity index (χ1n) is 11.8. The normalized spacial score (nSPS) is 12.5. The van der Waals surface area contributed by atoms with E-state index in [4.69, 9.17) is 0 Å². The molecule has 0 saturated heterocycles. The number of carbonyl (C=O) groups excluding carboxylic acids is 1. The molecule has 0 saturated carbocycles. The van der Waals surface area contributed by atoms with Gasteiger partial charge in [-0.2, -0.15) is 0 Å². The zero-order valence-corrected chi connectivity index (χ0v) is 21.7. The molecule has 0 aliphatic rings. The number of carbonyl (C=O) groups is 1. The topological polar surface area (TPSA) is 102 Å². The van der Waals surface area contributed by atoms with E-state index in [-0.39, 0.29) is 22.5 Å². The fraction of sp³-hybridized carbons (Fsp3) is 0.385. The van der Waals surface area contributed by atoms with Gasteiger partial charge in [0.1, 0.15) is 5.69 Å². The molecule has 1 heterocycles. The van der Waals surface area contributed by atoms with Gasteiger partial charge in [0.15, 0.2) is 0 Å². The van der Waals surface area contributed by atoms with E-state index < -0.39 is 15.6 Å². The van der Waals surface area contributed by atoms with Gasteiger partial charge in [-0.1, -0.05) is 44.9 Å². The number of hydrogen-bond donors (Lipinski definition) is 2. The second-order valence-electron chi connectivity index (χ2n) is 9.27. The predicted molar refractivity (Wildman–Crippen MR) is 139 cm³/mol. The van der Waals surface area contributed by atoms with Crippen molar-refractivity contribution in [1.29, 1.82) is 0 Å². The van der Waals surface area contributed by atoms with Crippen molar-refractivity contribution in [2.75, 3.05) is 4.72 Å². The maximum atomic E-state index is 13.0. The first-order valence-corrected chi connectivity index (χ1v) is 13.3. The van der Waals surface area contributed by atoms with E-state index in [0.717, 1.165) is 19.3 Å². The van der Waals surface area contributed by atoms with Crippen molar-refractivity contribution in [3.63, 3.8) is 0 Å². The van der Waals surface area contributed by atoms with Crippen LogP contribution in [0.5, 0.6) is 0 Å². The Hall–Kier alpha value is -3.33. The van der Waals surface area contributed by atoms with Crippen molar-refractivity contribution in [2.45, 2.75) is 57.9 Å². The lowest BCUT2D eigenvalue weighted by atomic mass is 10.0. The summed E-state index contributed by atoms with van der Waals surface area (Å²) >= 11 is 0. The summed E-state index contributed by atoms with van der Waals surface area (Å²) in [6.07, 6.45) is 3.03. The summed E-state index contributed by atoms with van der Waals surface area (Å²) in [5.74, 6) is 0.380. The third kappa shape index (κ3) is 6.22. The van der Waals surface area contributed by atoms with Crippen LogP contribution >= 0.6 is 0 Å². The molecule has 2 aromatic carbocycles. The molecule has 0 aliphatic heterocycles. The molecule has 0 radical (unpaired) electrons. The number of nitrogens with zero attached hydrogens (tertiary/aromatic N) is 2. The van der Waals surface area contributed by atoms with Gasteiger partial charge in [0.05, 0.1) is 16.3 Å².